The number of rotatable bonds is 13. The summed E-state index contributed by atoms with van der Waals surface area (Å²) < 4.78 is 21.9. The second kappa shape index (κ2) is 15.4. The molecule has 2 aromatic rings. The number of hydrogen-bond donors (Lipinski definition) is 1. The summed E-state index contributed by atoms with van der Waals surface area (Å²) in [5, 5.41) is 15.0. The number of ether oxygens (including phenoxy) is 1. The number of likely N-dealkylation sites (tertiary alicyclic amines) is 1. The van der Waals surface area contributed by atoms with Gasteiger partial charge >= 0.3 is 5.97 Å². The number of aliphatic carboxylic acids is 1. The third-order valence-corrected chi connectivity index (χ3v) is 10.2. The van der Waals surface area contributed by atoms with Gasteiger partial charge in [0.05, 0.1) is 12.0 Å². The van der Waals surface area contributed by atoms with Crippen molar-refractivity contribution in [2.45, 2.75) is 83.3 Å². The number of benzene rings is 1. The van der Waals surface area contributed by atoms with Gasteiger partial charge in [-0.05, 0) is 111 Å². The molecule has 1 saturated carbocycles. The Kier molecular flexibility index (Phi) is 11.3. The molecule has 1 aliphatic carbocycles. The van der Waals surface area contributed by atoms with Crippen LogP contribution in [-0.4, -0.2) is 76.0 Å². The quantitative estimate of drug-likeness (QED) is 0.242. The van der Waals surface area contributed by atoms with Crippen molar-refractivity contribution in [1.82, 2.24) is 19.6 Å². The van der Waals surface area contributed by atoms with Gasteiger partial charge in [-0.15, -0.1) is 0 Å². The Balaban J connectivity index is 1.25. The summed E-state index contributed by atoms with van der Waals surface area (Å²) in [5.41, 5.74) is 5.74. The molecule has 5 rings (SSSR count). The largest absolute Gasteiger partial charge is 0.497 e. The van der Waals surface area contributed by atoms with Crippen LogP contribution >= 0.6 is 0 Å². The van der Waals surface area contributed by atoms with Crippen LogP contribution in [0.2, 0.25) is 0 Å². The number of allylic oxidation sites excluding steroid dienone is 4. The topological polar surface area (TPSA) is 70.8 Å². The van der Waals surface area contributed by atoms with E-state index < -0.39 is 12.0 Å². The minimum atomic E-state index is -0.773. The molecule has 8 heteroatoms. The Labute approximate surface area is 274 Å². The van der Waals surface area contributed by atoms with Gasteiger partial charge < -0.3 is 14.7 Å². The Morgan fingerprint density at radius 3 is 2.65 bits per heavy atom. The summed E-state index contributed by atoms with van der Waals surface area (Å²) in [6.07, 6.45) is 14.4. The molecule has 1 N–H and O–H groups in total. The molecular weight excluding hydrogens is 579 g/mol. The summed E-state index contributed by atoms with van der Waals surface area (Å²) >= 11 is 0. The summed E-state index contributed by atoms with van der Waals surface area (Å²) in [4.78, 5) is 16.8. The molecule has 2 fully saturated rings. The van der Waals surface area contributed by atoms with Gasteiger partial charge in [-0.1, -0.05) is 50.8 Å². The maximum Gasteiger partial charge on any atom is 0.321 e. The fourth-order valence-electron chi connectivity index (χ4n) is 8.00. The molecule has 0 spiro atoms. The van der Waals surface area contributed by atoms with Crippen molar-refractivity contribution in [2.24, 2.45) is 11.8 Å². The average molecular weight is 631 g/mol. The summed E-state index contributed by atoms with van der Waals surface area (Å²) in [7, 11) is 1.96. The molecule has 2 aliphatic heterocycles. The lowest BCUT2D eigenvalue weighted by molar-refractivity contribution is -0.145. The van der Waals surface area contributed by atoms with E-state index in [1.54, 1.807) is 18.4 Å². The highest BCUT2D eigenvalue weighted by molar-refractivity contribution is 5.73. The zero-order chi connectivity index (χ0) is 32.8. The van der Waals surface area contributed by atoms with Gasteiger partial charge in [-0.3, -0.25) is 14.4 Å². The minimum absolute atomic E-state index is 0.00550. The van der Waals surface area contributed by atoms with Gasteiger partial charge in [0.15, 0.2) is 0 Å². The molecular formula is C38H51FN4O3. The highest BCUT2D eigenvalue weighted by Gasteiger charge is 2.42. The van der Waals surface area contributed by atoms with Gasteiger partial charge in [0.25, 0.3) is 0 Å². The maximum atomic E-state index is 14.3. The van der Waals surface area contributed by atoms with Gasteiger partial charge in [0, 0.05) is 37.2 Å². The first-order chi connectivity index (χ1) is 22.2. The van der Waals surface area contributed by atoms with Crippen LogP contribution in [0, 0.1) is 17.7 Å². The zero-order valence-corrected chi connectivity index (χ0v) is 27.9. The van der Waals surface area contributed by atoms with Crippen molar-refractivity contribution in [1.29, 1.82) is 0 Å². The van der Waals surface area contributed by atoms with Crippen LogP contribution < -0.4 is 0 Å². The van der Waals surface area contributed by atoms with E-state index in [9.17, 15) is 14.3 Å². The first kappa shape index (κ1) is 33.9. The number of halogens is 1. The number of piperidine rings is 1. The van der Waals surface area contributed by atoms with Crippen LogP contribution in [0.25, 0.3) is 0 Å². The fourth-order valence-corrected chi connectivity index (χ4v) is 8.00. The number of carboxylic acids is 1. The van der Waals surface area contributed by atoms with Crippen LogP contribution in [0.15, 0.2) is 78.6 Å². The number of nitrogens with zero attached hydrogens (tertiary/aromatic N) is 4. The van der Waals surface area contributed by atoms with Crippen LogP contribution in [0.4, 0.5) is 4.39 Å². The fraction of sp³-hybridized carbons (Fsp3) is 0.526. The highest BCUT2D eigenvalue weighted by Crippen LogP contribution is 2.43. The first-order valence-electron chi connectivity index (χ1n) is 17.0. The van der Waals surface area contributed by atoms with E-state index in [2.05, 4.69) is 46.2 Å². The Morgan fingerprint density at radius 1 is 1.24 bits per heavy atom. The standard InChI is InChI=1S/C38H51FN4O3/c1-6-9-27(18-28-14-17-46-25-28)19-33-22-36(43(7-2)40-33)29-12-15-42(16-13-29)24-31-21-34(41(5)37(26(3)4)38(44)45)23-35(31)30-10-8-11-32(39)20-30/h6,8-11,14,17-18,20,22,26,29,31,34-35,37H,1,7,12-13,15-16,19,21,23-25H2,2-5H3,(H,44,45)/t31-,34+,35-,37-/m1/s1. The molecule has 248 valence electrons. The molecule has 0 radical (unpaired) electrons. The van der Waals surface area contributed by atoms with Crippen molar-refractivity contribution in [3.05, 3.63) is 101 Å². The Bertz CT molecular complexity index is 1450. The third kappa shape index (κ3) is 8.07. The van der Waals surface area contributed by atoms with Crippen molar-refractivity contribution in [3.8, 4) is 0 Å². The summed E-state index contributed by atoms with van der Waals surface area (Å²) in [6, 6.07) is 8.93. The number of carbonyl (C=O) groups is 1. The van der Waals surface area contributed by atoms with E-state index in [0.717, 1.165) is 75.1 Å². The van der Waals surface area contributed by atoms with E-state index in [4.69, 9.17) is 9.84 Å². The number of hydrogen-bond acceptors (Lipinski definition) is 5. The smallest absolute Gasteiger partial charge is 0.321 e. The van der Waals surface area contributed by atoms with Crippen molar-refractivity contribution in [2.75, 3.05) is 33.3 Å². The van der Waals surface area contributed by atoms with Crippen LogP contribution in [0.1, 0.15) is 75.2 Å². The molecule has 1 aromatic heterocycles. The summed E-state index contributed by atoms with van der Waals surface area (Å²) in [6.45, 7) is 14.4. The van der Waals surface area contributed by atoms with Gasteiger partial charge in [0.2, 0.25) is 0 Å². The van der Waals surface area contributed by atoms with Crippen LogP contribution in [-0.2, 0) is 22.5 Å². The molecule has 46 heavy (non-hydrogen) atoms. The molecule has 3 aliphatic rings. The second-order valence-corrected chi connectivity index (χ2v) is 13.7. The maximum absolute atomic E-state index is 14.3. The van der Waals surface area contributed by atoms with Crippen LogP contribution in [0.5, 0.6) is 0 Å². The molecule has 3 heterocycles. The van der Waals surface area contributed by atoms with E-state index in [1.807, 2.05) is 39.1 Å². The lowest BCUT2D eigenvalue weighted by Gasteiger charge is -2.35. The summed E-state index contributed by atoms with van der Waals surface area (Å²) in [5.74, 6) is 0.0172. The van der Waals surface area contributed by atoms with Crippen molar-refractivity contribution in [3.63, 3.8) is 0 Å². The van der Waals surface area contributed by atoms with Gasteiger partial charge in [0.1, 0.15) is 18.5 Å². The normalized spacial score (nSPS) is 24.3. The zero-order valence-electron chi connectivity index (χ0n) is 27.9. The van der Waals surface area contributed by atoms with Crippen molar-refractivity contribution >= 4 is 5.97 Å². The molecule has 7 nitrogen and oxygen atoms in total. The number of aryl methyl sites for hydroxylation is 1. The molecule has 1 aromatic carbocycles. The molecule has 0 bridgehead atoms. The Hall–Kier alpha value is -3.49. The lowest BCUT2D eigenvalue weighted by atomic mass is 9.87. The molecule has 1 saturated heterocycles. The van der Waals surface area contributed by atoms with Gasteiger partial charge in [-0.2, -0.15) is 5.10 Å². The predicted octanol–water partition coefficient (Wildman–Crippen LogP) is 6.95. The monoisotopic (exact) mass is 630 g/mol. The van der Waals surface area contributed by atoms with E-state index in [1.165, 1.54) is 17.3 Å². The van der Waals surface area contributed by atoms with E-state index in [0.29, 0.717) is 18.4 Å². The van der Waals surface area contributed by atoms with Crippen LogP contribution in [0.3, 0.4) is 0 Å². The number of likely N-dealkylation sites (N-methyl/N-ethyl adjacent to an activating group) is 1. The lowest BCUT2D eigenvalue weighted by Crippen LogP contribution is -2.47. The minimum Gasteiger partial charge on any atom is -0.497 e. The average Bonchev–Trinajstić information content (AvgIpc) is 3.78. The third-order valence-electron chi connectivity index (χ3n) is 10.2. The Morgan fingerprint density at radius 2 is 2.02 bits per heavy atom. The molecule has 0 amide bonds. The van der Waals surface area contributed by atoms with E-state index in [-0.39, 0.29) is 23.7 Å². The van der Waals surface area contributed by atoms with E-state index >= 15 is 0 Å². The highest BCUT2D eigenvalue weighted by atomic mass is 19.1. The van der Waals surface area contributed by atoms with Gasteiger partial charge in [-0.25, -0.2) is 4.39 Å². The first-order valence-corrected chi connectivity index (χ1v) is 17.0. The molecule has 0 unspecified atom stereocenters. The SMILES string of the molecule is C=CC=C(C=C1C=COC1)Cc1cc(C2CCN(C[C@H]3C[C@H](N(C)[C@@H](C(=O)O)C(C)C)C[C@@H]3c3cccc(F)c3)CC2)n(CC)n1. The number of aromatic nitrogens is 2. The predicted molar refractivity (Wildman–Crippen MR) is 181 cm³/mol. The number of carboxylic acid groups (broad SMARTS) is 1. The second-order valence-electron chi connectivity index (χ2n) is 13.7. The van der Waals surface area contributed by atoms with Crippen molar-refractivity contribution < 1.29 is 19.0 Å². The molecule has 4 atom stereocenters.